The summed E-state index contributed by atoms with van der Waals surface area (Å²) in [6.45, 7) is 1.61. The molecular formula is C40H37N5O10. The fraction of sp³-hybridized carbons (Fsp3) is 0.275. The van der Waals surface area contributed by atoms with Crippen LogP contribution in [0, 0.1) is 23.7 Å². The van der Waals surface area contributed by atoms with Gasteiger partial charge in [0.25, 0.3) is 0 Å². The summed E-state index contributed by atoms with van der Waals surface area (Å²) in [5.74, 6) is -15.1. The molecule has 0 spiro atoms. The molecule has 4 amide bonds. The number of benzene rings is 4. The van der Waals surface area contributed by atoms with Crippen LogP contribution >= 0.6 is 0 Å². The lowest BCUT2D eigenvalue weighted by Gasteiger charge is -2.56. The average Bonchev–Trinajstić information content (AvgIpc) is 3.14. The lowest BCUT2D eigenvalue weighted by atomic mass is 9.49. The number of nitrogens with one attached hydrogen (secondary N) is 3. The molecule has 3 aliphatic rings. The molecule has 4 aromatic carbocycles. The number of urea groups is 1. The number of carbonyl (C=O) groups excluding carboxylic acids is 7. The van der Waals surface area contributed by atoms with Gasteiger partial charge in [0.05, 0.1) is 34.8 Å². The van der Waals surface area contributed by atoms with Crippen LogP contribution in [0.2, 0.25) is 0 Å². The molecule has 7 rings (SSSR count). The van der Waals surface area contributed by atoms with Gasteiger partial charge in [-0.1, -0.05) is 67.6 Å². The number of para-hydroxylation sites is 1. The van der Waals surface area contributed by atoms with E-state index in [0.717, 1.165) is 10.8 Å². The molecule has 4 aromatic rings. The first-order valence-corrected chi connectivity index (χ1v) is 17.5. The maximum atomic E-state index is 14.7. The van der Waals surface area contributed by atoms with E-state index in [-0.39, 0.29) is 16.8 Å². The van der Waals surface area contributed by atoms with Gasteiger partial charge < -0.3 is 31.3 Å². The van der Waals surface area contributed by atoms with Gasteiger partial charge in [-0.05, 0) is 55.2 Å². The Balaban J connectivity index is 1.30. The molecule has 2 fully saturated rings. The van der Waals surface area contributed by atoms with Crippen LogP contribution in [0.25, 0.3) is 10.8 Å². The smallest absolute Gasteiger partial charge is 0.411 e. The van der Waals surface area contributed by atoms with Crippen LogP contribution in [0.4, 0.5) is 26.7 Å². The van der Waals surface area contributed by atoms with Crippen LogP contribution in [0.1, 0.15) is 28.8 Å². The number of phenols is 1. The molecule has 2 saturated carbocycles. The van der Waals surface area contributed by atoms with E-state index in [1.54, 1.807) is 49.4 Å². The Morgan fingerprint density at radius 2 is 1.47 bits per heavy atom. The normalized spacial score (nSPS) is 27.1. The van der Waals surface area contributed by atoms with E-state index >= 15 is 0 Å². The Kier molecular flexibility index (Phi) is 9.23. The van der Waals surface area contributed by atoms with Gasteiger partial charge >= 0.3 is 12.1 Å². The maximum absolute atomic E-state index is 14.7. The number of aliphatic hydroxyl groups is 1. The van der Waals surface area contributed by atoms with E-state index in [2.05, 4.69) is 16.0 Å². The number of Topliss-reactive ketones (excluding diaryl/α,β-unsaturated/α-hetero) is 4. The number of fused-ring (bicyclic) bond motifs is 4. The van der Waals surface area contributed by atoms with Crippen molar-refractivity contribution in [2.75, 3.05) is 30.0 Å². The molecule has 0 bridgehead atoms. The predicted octanol–water partition coefficient (Wildman–Crippen LogP) is 3.45. The number of anilines is 3. The predicted molar refractivity (Wildman–Crippen MR) is 198 cm³/mol. The van der Waals surface area contributed by atoms with Crippen LogP contribution in [0.5, 0.6) is 5.75 Å². The van der Waals surface area contributed by atoms with Gasteiger partial charge in [-0.15, -0.1) is 0 Å². The van der Waals surface area contributed by atoms with Crippen molar-refractivity contribution in [3.63, 3.8) is 0 Å². The van der Waals surface area contributed by atoms with E-state index in [1.165, 1.54) is 31.1 Å². The summed E-state index contributed by atoms with van der Waals surface area (Å²) in [6.07, 6.45) is -2.74. The number of ether oxygens (including phenoxy) is 1. The van der Waals surface area contributed by atoms with Crippen LogP contribution in [-0.4, -0.2) is 88.1 Å². The van der Waals surface area contributed by atoms with Gasteiger partial charge in [-0.2, -0.15) is 0 Å². The monoisotopic (exact) mass is 747 g/mol. The molecule has 0 heterocycles. The summed E-state index contributed by atoms with van der Waals surface area (Å²) in [4.78, 5) is 97.7. The van der Waals surface area contributed by atoms with Gasteiger partial charge in [0.15, 0.2) is 34.7 Å². The number of hydrogen-bond donors (Lipinski definition) is 6. The van der Waals surface area contributed by atoms with Crippen molar-refractivity contribution in [2.24, 2.45) is 29.4 Å². The third-order valence-corrected chi connectivity index (χ3v) is 11.0. The number of primary amides is 1. The Morgan fingerprint density at radius 3 is 2.16 bits per heavy atom. The number of rotatable bonds is 6. The van der Waals surface area contributed by atoms with Crippen molar-refractivity contribution >= 4 is 69.0 Å². The molecule has 15 nitrogen and oxygen atoms in total. The molecule has 15 heteroatoms. The number of hydrogen-bond acceptors (Lipinski definition) is 11. The average molecular weight is 748 g/mol. The second kappa shape index (κ2) is 13.8. The SMILES string of the molecule is CC1c2ccc(NC(=O)Nc3cccc4ccccc34)c(O)c2C(=O)C2C(=O)C3(O)C(=O)C(C(N)=O)C(=O)C(N(C)C)C3C(OC(=O)Nc3ccccc3)C21. The highest BCUT2D eigenvalue weighted by atomic mass is 16.6. The highest BCUT2D eigenvalue weighted by Gasteiger charge is 2.74. The van der Waals surface area contributed by atoms with Crippen molar-refractivity contribution in [3.8, 4) is 5.75 Å². The van der Waals surface area contributed by atoms with Gasteiger partial charge in [0.2, 0.25) is 5.91 Å². The number of amides is 4. The van der Waals surface area contributed by atoms with Gasteiger partial charge in [0, 0.05) is 17.0 Å². The van der Waals surface area contributed by atoms with Gasteiger partial charge in [-0.3, -0.25) is 34.2 Å². The zero-order valence-corrected chi connectivity index (χ0v) is 29.8. The third-order valence-electron chi connectivity index (χ3n) is 11.0. The van der Waals surface area contributed by atoms with Gasteiger partial charge in [-0.25, -0.2) is 9.59 Å². The summed E-state index contributed by atoms with van der Waals surface area (Å²) in [5.41, 5.74) is 2.71. The van der Waals surface area contributed by atoms with Gasteiger partial charge in [0.1, 0.15) is 11.9 Å². The topological polar surface area (TPSA) is 235 Å². The van der Waals surface area contributed by atoms with E-state index in [0.29, 0.717) is 11.4 Å². The fourth-order valence-corrected chi connectivity index (χ4v) is 8.61. The van der Waals surface area contributed by atoms with Crippen LogP contribution in [0.3, 0.4) is 0 Å². The molecule has 8 unspecified atom stereocenters. The minimum atomic E-state index is -3.21. The first-order chi connectivity index (χ1) is 26.2. The van der Waals surface area contributed by atoms with Crippen molar-refractivity contribution in [3.05, 3.63) is 96.1 Å². The highest BCUT2D eigenvalue weighted by molar-refractivity contribution is 6.32. The van der Waals surface area contributed by atoms with Crippen LogP contribution in [-0.2, 0) is 23.9 Å². The maximum Gasteiger partial charge on any atom is 0.411 e. The second-order valence-electron chi connectivity index (χ2n) is 14.3. The number of likely N-dealkylation sites (N-methyl/N-ethyl adjacent to an activating group) is 1. The molecule has 8 atom stereocenters. The summed E-state index contributed by atoms with van der Waals surface area (Å²) in [7, 11) is 2.84. The Labute approximate surface area is 313 Å². The Bertz CT molecular complexity index is 2310. The Morgan fingerprint density at radius 1 is 0.818 bits per heavy atom. The van der Waals surface area contributed by atoms with E-state index in [9.17, 15) is 43.8 Å². The van der Waals surface area contributed by atoms with Crippen molar-refractivity contribution in [2.45, 2.75) is 30.6 Å². The molecule has 0 aliphatic heterocycles. The lowest BCUT2D eigenvalue weighted by molar-refractivity contribution is -0.196. The van der Waals surface area contributed by atoms with Crippen molar-refractivity contribution in [1.29, 1.82) is 0 Å². The molecule has 3 aliphatic carbocycles. The molecule has 282 valence electrons. The minimum absolute atomic E-state index is 0.189. The molecule has 55 heavy (non-hydrogen) atoms. The highest BCUT2D eigenvalue weighted by Crippen LogP contribution is 2.56. The Hall–Kier alpha value is -6.45. The number of aromatic hydroxyl groups is 1. The third kappa shape index (κ3) is 5.88. The lowest BCUT2D eigenvalue weighted by Crippen LogP contribution is -2.78. The molecule has 0 saturated heterocycles. The molecule has 0 aromatic heterocycles. The van der Waals surface area contributed by atoms with E-state index < -0.39 is 94.3 Å². The number of nitrogens with zero attached hydrogens (tertiary/aromatic N) is 1. The minimum Gasteiger partial charge on any atom is -0.505 e. The first kappa shape index (κ1) is 36.9. The molecule has 7 N–H and O–H groups in total. The number of carbonyl (C=O) groups is 7. The molecule has 0 radical (unpaired) electrons. The summed E-state index contributed by atoms with van der Waals surface area (Å²) in [6, 6.07) is 21.3. The summed E-state index contributed by atoms with van der Waals surface area (Å²) >= 11 is 0. The van der Waals surface area contributed by atoms with Crippen LogP contribution in [0.15, 0.2) is 84.9 Å². The zero-order chi connectivity index (χ0) is 39.5. The van der Waals surface area contributed by atoms with E-state index in [1.807, 2.05) is 30.3 Å². The number of ketones is 4. The quantitative estimate of drug-likeness (QED) is 0.123. The number of phenolic OH excluding ortho intramolecular Hbond substituents is 1. The summed E-state index contributed by atoms with van der Waals surface area (Å²) in [5, 5.41) is 33.3. The fourth-order valence-electron chi connectivity index (χ4n) is 8.61. The van der Waals surface area contributed by atoms with Crippen molar-refractivity contribution < 1.29 is 48.5 Å². The first-order valence-electron chi connectivity index (χ1n) is 17.5. The largest absolute Gasteiger partial charge is 0.505 e. The van der Waals surface area contributed by atoms with Crippen molar-refractivity contribution in [1.82, 2.24) is 4.90 Å². The molecular weight excluding hydrogens is 710 g/mol. The number of nitrogens with two attached hydrogens (primary N) is 1. The summed E-state index contributed by atoms with van der Waals surface area (Å²) < 4.78 is 5.96. The van der Waals surface area contributed by atoms with E-state index in [4.69, 9.17) is 10.5 Å². The zero-order valence-electron chi connectivity index (χ0n) is 29.8. The standard InChI is InChI=1S/C40H37N5O10/c1-18-21-16-17-24(44-38(52)43-23-15-9-11-19-10-7-8-14-22(19)23)31(46)26(21)32(47)27-25(18)34(55-39(53)42-20-12-5-4-6-13-20)29-30(45(2)3)33(48)28(37(41)51)36(50)40(29,54)35(27)49/h4-18,25,27-30,34,46,54H,1-3H3,(H2,41,51)(H,42,53)(H2,43,44,52). The van der Waals surface area contributed by atoms with Crippen LogP contribution < -0.4 is 21.7 Å². The second-order valence-corrected chi connectivity index (χ2v) is 14.3.